The molecule has 0 unspecified atom stereocenters. The Morgan fingerprint density at radius 2 is 2.41 bits per heavy atom. The first-order valence-corrected chi connectivity index (χ1v) is 6.13. The second-order valence-corrected chi connectivity index (χ2v) is 4.61. The molecule has 0 amide bonds. The van der Waals surface area contributed by atoms with Gasteiger partial charge in [0, 0.05) is 30.7 Å². The van der Waals surface area contributed by atoms with Gasteiger partial charge in [0.2, 0.25) is 0 Å². The predicted octanol–water partition coefficient (Wildman–Crippen LogP) is 2.83. The van der Waals surface area contributed by atoms with E-state index in [-0.39, 0.29) is 11.9 Å². The molecule has 17 heavy (non-hydrogen) atoms. The average Bonchev–Trinajstić information content (AvgIpc) is 2.31. The molecule has 1 aromatic carbocycles. The van der Waals surface area contributed by atoms with E-state index in [1.54, 1.807) is 12.1 Å². The standard InChI is InChI=1S/C13H16ClFN2/c1-2-3-11-9-16-6-7-17(11)13-5-4-10(14)8-12(13)15/h2,4-5,8,11,16H,1,3,6-7,9H2/t11-/m1/s1. The number of halogens is 2. The minimum atomic E-state index is -0.256. The molecule has 0 bridgehead atoms. The van der Waals surface area contributed by atoms with Crippen LogP contribution in [-0.4, -0.2) is 25.7 Å². The van der Waals surface area contributed by atoms with Crippen LogP contribution in [0.3, 0.4) is 0 Å². The van der Waals surface area contributed by atoms with Crippen LogP contribution in [0.15, 0.2) is 30.9 Å². The Morgan fingerprint density at radius 3 is 3.12 bits per heavy atom. The number of hydrogen-bond donors (Lipinski definition) is 1. The van der Waals surface area contributed by atoms with Gasteiger partial charge in [0.15, 0.2) is 0 Å². The summed E-state index contributed by atoms with van der Waals surface area (Å²) in [5, 5.41) is 3.74. The monoisotopic (exact) mass is 254 g/mol. The quantitative estimate of drug-likeness (QED) is 0.835. The van der Waals surface area contributed by atoms with Crippen LogP contribution in [0.1, 0.15) is 6.42 Å². The third-order valence-corrected chi connectivity index (χ3v) is 3.24. The number of nitrogens with one attached hydrogen (secondary N) is 1. The molecule has 0 aromatic heterocycles. The van der Waals surface area contributed by atoms with Crippen molar-refractivity contribution in [2.45, 2.75) is 12.5 Å². The lowest BCUT2D eigenvalue weighted by Crippen LogP contribution is -2.51. The van der Waals surface area contributed by atoms with Crippen LogP contribution >= 0.6 is 11.6 Å². The van der Waals surface area contributed by atoms with Crippen LogP contribution in [0.2, 0.25) is 5.02 Å². The Hall–Kier alpha value is -1.06. The zero-order chi connectivity index (χ0) is 12.3. The summed E-state index contributed by atoms with van der Waals surface area (Å²) in [4.78, 5) is 2.09. The second-order valence-electron chi connectivity index (χ2n) is 4.17. The van der Waals surface area contributed by atoms with Gasteiger partial charge in [-0.3, -0.25) is 0 Å². The average molecular weight is 255 g/mol. The number of anilines is 1. The molecule has 0 saturated carbocycles. The first kappa shape index (κ1) is 12.4. The number of piperazine rings is 1. The van der Waals surface area contributed by atoms with Crippen LogP contribution in [0.25, 0.3) is 0 Å². The van der Waals surface area contributed by atoms with Gasteiger partial charge in [0.25, 0.3) is 0 Å². The van der Waals surface area contributed by atoms with Crippen molar-refractivity contribution in [2.24, 2.45) is 0 Å². The number of rotatable bonds is 3. The molecule has 1 aliphatic heterocycles. The number of nitrogens with zero attached hydrogens (tertiary/aromatic N) is 1. The molecule has 0 aliphatic carbocycles. The van der Waals surface area contributed by atoms with E-state index in [9.17, 15) is 4.39 Å². The summed E-state index contributed by atoms with van der Waals surface area (Å²) in [5.74, 6) is -0.256. The van der Waals surface area contributed by atoms with E-state index in [1.165, 1.54) is 6.07 Å². The molecule has 1 aliphatic rings. The molecular weight excluding hydrogens is 239 g/mol. The number of hydrogen-bond acceptors (Lipinski definition) is 2. The smallest absolute Gasteiger partial charge is 0.147 e. The van der Waals surface area contributed by atoms with Gasteiger partial charge in [-0.25, -0.2) is 4.39 Å². The maximum atomic E-state index is 13.9. The SMILES string of the molecule is C=CC[C@@H]1CNCCN1c1ccc(Cl)cc1F. The Morgan fingerprint density at radius 1 is 1.59 bits per heavy atom. The summed E-state index contributed by atoms with van der Waals surface area (Å²) in [6, 6.07) is 5.10. The topological polar surface area (TPSA) is 15.3 Å². The lowest BCUT2D eigenvalue weighted by molar-refractivity contribution is 0.470. The van der Waals surface area contributed by atoms with Crippen molar-refractivity contribution in [3.8, 4) is 0 Å². The fraction of sp³-hybridized carbons (Fsp3) is 0.385. The van der Waals surface area contributed by atoms with Crippen molar-refractivity contribution in [3.63, 3.8) is 0 Å². The van der Waals surface area contributed by atoms with E-state index >= 15 is 0 Å². The van der Waals surface area contributed by atoms with Crippen molar-refractivity contribution in [3.05, 3.63) is 41.7 Å². The molecule has 0 spiro atoms. The summed E-state index contributed by atoms with van der Waals surface area (Å²) in [6.07, 6.45) is 2.72. The Labute approximate surface area is 106 Å². The van der Waals surface area contributed by atoms with Crippen molar-refractivity contribution >= 4 is 17.3 Å². The van der Waals surface area contributed by atoms with Gasteiger partial charge in [-0.2, -0.15) is 0 Å². The van der Waals surface area contributed by atoms with Gasteiger partial charge < -0.3 is 10.2 Å². The second kappa shape index (κ2) is 5.52. The first-order chi connectivity index (χ1) is 8.22. The highest BCUT2D eigenvalue weighted by Crippen LogP contribution is 2.26. The lowest BCUT2D eigenvalue weighted by Gasteiger charge is -2.37. The maximum Gasteiger partial charge on any atom is 0.147 e. The van der Waals surface area contributed by atoms with E-state index in [1.807, 2.05) is 6.08 Å². The van der Waals surface area contributed by atoms with Crippen molar-refractivity contribution in [1.82, 2.24) is 5.32 Å². The van der Waals surface area contributed by atoms with Crippen molar-refractivity contribution in [2.75, 3.05) is 24.5 Å². The lowest BCUT2D eigenvalue weighted by atomic mass is 10.1. The van der Waals surface area contributed by atoms with Gasteiger partial charge >= 0.3 is 0 Å². The molecule has 1 aromatic rings. The Kier molecular flexibility index (Phi) is 4.02. The summed E-state index contributed by atoms with van der Waals surface area (Å²) < 4.78 is 13.9. The highest BCUT2D eigenvalue weighted by atomic mass is 35.5. The van der Waals surface area contributed by atoms with Crippen LogP contribution in [0, 0.1) is 5.82 Å². The van der Waals surface area contributed by atoms with Gasteiger partial charge in [-0.1, -0.05) is 17.7 Å². The molecule has 2 nitrogen and oxygen atoms in total. The molecular formula is C13H16ClFN2. The Balaban J connectivity index is 2.25. The first-order valence-electron chi connectivity index (χ1n) is 5.75. The fourth-order valence-corrected chi connectivity index (χ4v) is 2.35. The largest absolute Gasteiger partial charge is 0.363 e. The van der Waals surface area contributed by atoms with Crippen LogP contribution in [0.4, 0.5) is 10.1 Å². The third-order valence-electron chi connectivity index (χ3n) is 3.01. The molecule has 92 valence electrons. The Bertz CT molecular complexity index is 408. The summed E-state index contributed by atoms with van der Waals surface area (Å²) in [5.41, 5.74) is 0.628. The third kappa shape index (κ3) is 2.79. The number of benzene rings is 1. The van der Waals surface area contributed by atoms with E-state index in [4.69, 9.17) is 11.6 Å². The maximum absolute atomic E-state index is 13.9. The zero-order valence-corrected chi connectivity index (χ0v) is 10.4. The minimum Gasteiger partial charge on any atom is -0.363 e. The van der Waals surface area contributed by atoms with Crippen LogP contribution < -0.4 is 10.2 Å². The summed E-state index contributed by atoms with van der Waals surface area (Å²) in [7, 11) is 0. The van der Waals surface area contributed by atoms with Gasteiger partial charge in [-0.05, 0) is 24.6 Å². The summed E-state index contributed by atoms with van der Waals surface area (Å²) >= 11 is 5.77. The van der Waals surface area contributed by atoms with Crippen molar-refractivity contribution < 1.29 is 4.39 Å². The van der Waals surface area contributed by atoms with E-state index < -0.39 is 0 Å². The molecule has 1 heterocycles. The van der Waals surface area contributed by atoms with E-state index in [2.05, 4.69) is 16.8 Å². The molecule has 2 rings (SSSR count). The normalized spacial score (nSPS) is 20.4. The molecule has 1 fully saturated rings. The van der Waals surface area contributed by atoms with Gasteiger partial charge in [0.05, 0.1) is 5.69 Å². The highest BCUT2D eigenvalue weighted by molar-refractivity contribution is 6.30. The van der Waals surface area contributed by atoms with E-state index in [0.717, 1.165) is 26.1 Å². The molecule has 4 heteroatoms. The van der Waals surface area contributed by atoms with Gasteiger partial charge in [0.1, 0.15) is 5.82 Å². The minimum absolute atomic E-state index is 0.256. The predicted molar refractivity (Wildman–Crippen MR) is 70.2 cm³/mol. The molecule has 1 N–H and O–H groups in total. The molecule has 0 radical (unpaired) electrons. The van der Waals surface area contributed by atoms with Crippen molar-refractivity contribution in [1.29, 1.82) is 0 Å². The fourth-order valence-electron chi connectivity index (χ4n) is 2.20. The summed E-state index contributed by atoms with van der Waals surface area (Å²) in [6.45, 7) is 6.28. The molecule has 1 saturated heterocycles. The van der Waals surface area contributed by atoms with Gasteiger partial charge in [-0.15, -0.1) is 6.58 Å². The zero-order valence-electron chi connectivity index (χ0n) is 9.63. The van der Waals surface area contributed by atoms with E-state index in [0.29, 0.717) is 10.7 Å². The van der Waals surface area contributed by atoms with Crippen LogP contribution in [-0.2, 0) is 0 Å². The highest BCUT2D eigenvalue weighted by Gasteiger charge is 2.23. The molecule has 1 atom stereocenters. The van der Waals surface area contributed by atoms with Crippen LogP contribution in [0.5, 0.6) is 0 Å².